The summed E-state index contributed by atoms with van der Waals surface area (Å²) in [4.78, 5) is 0. The van der Waals surface area contributed by atoms with Crippen LogP contribution in [0.1, 0.15) is 42.2 Å². The molecule has 0 aliphatic heterocycles. The summed E-state index contributed by atoms with van der Waals surface area (Å²) in [6.07, 6.45) is 3.56. The third kappa shape index (κ3) is 1.29. The van der Waals surface area contributed by atoms with Crippen LogP contribution in [0.15, 0.2) is 0 Å². The third-order valence-corrected chi connectivity index (χ3v) is 5.42. The lowest BCUT2D eigenvalue weighted by Crippen LogP contribution is -2.01. The van der Waals surface area contributed by atoms with E-state index >= 15 is 0 Å². The van der Waals surface area contributed by atoms with Gasteiger partial charge in [0.2, 0.25) is 0 Å². The molecule has 3 rings (SSSR count). The Balaban J connectivity index is 2.36. The maximum Gasteiger partial charge on any atom is 0.0796 e. The maximum atomic E-state index is 6.23. The highest BCUT2D eigenvalue weighted by Crippen LogP contribution is 2.59. The van der Waals surface area contributed by atoms with Gasteiger partial charge in [-0.2, -0.15) is 0 Å². The van der Waals surface area contributed by atoms with Gasteiger partial charge in [0.15, 0.2) is 0 Å². The van der Waals surface area contributed by atoms with Crippen LogP contribution in [0.4, 0.5) is 0 Å². The van der Waals surface area contributed by atoms with Crippen molar-refractivity contribution in [1.82, 2.24) is 0 Å². The molecule has 0 heterocycles. The van der Waals surface area contributed by atoms with Crippen molar-refractivity contribution in [3.05, 3.63) is 31.2 Å². The van der Waals surface area contributed by atoms with Gasteiger partial charge in [0.25, 0.3) is 0 Å². The fourth-order valence-corrected chi connectivity index (χ4v) is 4.16. The van der Waals surface area contributed by atoms with Crippen molar-refractivity contribution in [2.45, 2.75) is 31.1 Å². The SMILES string of the molecule is Clc1c(Cl)c(Cl)c2c(c1Cl)C1CCC2C1. The molecule has 4 heteroatoms. The summed E-state index contributed by atoms with van der Waals surface area (Å²) in [5.41, 5.74) is 2.32. The minimum absolute atomic E-state index is 0.412. The van der Waals surface area contributed by atoms with Crippen LogP contribution in [0.25, 0.3) is 0 Å². The van der Waals surface area contributed by atoms with Crippen LogP contribution in [0, 0.1) is 0 Å². The Hall–Kier alpha value is 0.380. The molecule has 2 bridgehead atoms. The van der Waals surface area contributed by atoms with E-state index in [9.17, 15) is 0 Å². The Morgan fingerprint density at radius 1 is 0.667 bits per heavy atom. The lowest BCUT2D eigenvalue weighted by atomic mass is 9.91. The predicted molar refractivity (Wildman–Crippen MR) is 65.8 cm³/mol. The topological polar surface area (TPSA) is 0 Å². The van der Waals surface area contributed by atoms with Crippen LogP contribution in [0.3, 0.4) is 0 Å². The first-order valence-corrected chi connectivity index (χ1v) is 6.48. The number of halogens is 4. The highest BCUT2D eigenvalue weighted by atomic mass is 35.5. The Morgan fingerprint density at radius 3 is 1.47 bits per heavy atom. The van der Waals surface area contributed by atoms with Crippen LogP contribution >= 0.6 is 46.4 Å². The van der Waals surface area contributed by atoms with Crippen molar-refractivity contribution >= 4 is 46.4 Å². The van der Waals surface area contributed by atoms with Gasteiger partial charge >= 0.3 is 0 Å². The van der Waals surface area contributed by atoms with Gasteiger partial charge in [0, 0.05) is 0 Å². The van der Waals surface area contributed by atoms with E-state index in [1.54, 1.807) is 0 Å². The summed E-state index contributed by atoms with van der Waals surface area (Å²) in [7, 11) is 0. The first-order chi connectivity index (χ1) is 7.11. The fourth-order valence-electron chi connectivity index (χ4n) is 2.97. The quantitative estimate of drug-likeness (QED) is 0.425. The molecular weight excluding hydrogens is 274 g/mol. The first-order valence-electron chi connectivity index (χ1n) is 4.97. The normalized spacial score (nSPS) is 27.2. The third-order valence-electron chi connectivity index (χ3n) is 3.59. The van der Waals surface area contributed by atoms with Gasteiger partial charge in [-0.3, -0.25) is 0 Å². The van der Waals surface area contributed by atoms with E-state index in [-0.39, 0.29) is 0 Å². The van der Waals surface area contributed by atoms with Crippen molar-refractivity contribution in [3.8, 4) is 0 Å². The summed E-state index contributed by atoms with van der Waals surface area (Å²) >= 11 is 24.6. The molecule has 2 unspecified atom stereocenters. The van der Waals surface area contributed by atoms with E-state index in [0.29, 0.717) is 31.9 Å². The number of benzene rings is 1. The second-order valence-corrected chi connectivity index (χ2v) is 5.80. The van der Waals surface area contributed by atoms with Gasteiger partial charge in [0.1, 0.15) is 0 Å². The van der Waals surface area contributed by atoms with Gasteiger partial charge in [-0.15, -0.1) is 0 Å². The number of fused-ring (bicyclic) bond motifs is 5. The fraction of sp³-hybridized carbons (Fsp3) is 0.455. The standard InChI is InChI=1S/C11H8Cl4/c12-8-6-4-1-2-5(3-4)7(6)9(13)11(15)10(8)14/h4-5H,1-3H2. The summed E-state index contributed by atoms with van der Waals surface area (Å²) in [5.74, 6) is 1.09. The molecule has 0 radical (unpaired) electrons. The second-order valence-electron chi connectivity index (χ2n) is 4.29. The largest absolute Gasteiger partial charge is 0.0823 e. The summed E-state index contributed by atoms with van der Waals surface area (Å²) in [6.45, 7) is 0. The summed E-state index contributed by atoms with van der Waals surface area (Å²) < 4.78 is 0. The molecule has 15 heavy (non-hydrogen) atoms. The van der Waals surface area contributed by atoms with Crippen LogP contribution in [-0.2, 0) is 0 Å². The van der Waals surface area contributed by atoms with Crippen LogP contribution in [0.2, 0.25) is 20.1 Å². The molecule has 1 saturated carbocycles. The highest BCUT2D eigenvalue weighted by molar-refractivity contribution is 6.52. The van der Waals surface area contributed by atoms with E-state index in [2.05, 4.69) is 0 Å². The average molecular weight is 282 g/mol. The molecule has 0 spiro atoms. The monoisotopic (exact) mass is 280 g/mol. The van der Waals surface area contributed by atoms with E-state index < -0.39 is 0 Å². The first kappa shape index (κ1) is 10.5. The van der Waals surface area contributed by atoms with E-state index in [1.165, 1.54) is 12.8 Å². The van der Waals surface area contributed by atoms with E-state index in [1.807, 2.05) is 0 Å². The van der Waals surface area contributed by atoms with Crippen LogP contribution in [0.5, 0.6) is 0 Å². The van der Waals surface area contributed by atoms with Crippen molar-refractivity contribution < 1.29 is 0 Å². The molecule has 0 N–H and O–H groups in total. The highest BCUT2D eigenvalue weighted by Gasteiger charge is 2.41. The second kappa shape index (κ2) is 3.43. The Kier molecular flexibility index (Phi) is 2.41. The zero-order valence-electron chi connectivity index (χ0n) is 7.79. The molecule has 0 nitrogen and oxygen atoms in total. The number of rotatable bonds is 0. The zero-order chi connectivity index (χ0) is 10.7. The van der Waals surface area contributed by atoms with Crippen LogP contribution in [-0.4, -0.2) is 0 Å². The molecule has 2 aliphatic rings. The molecule has 80 valence electrons. The molecule has 2 atom stereocenters. The van der Waals surface area contributed by atoms with Crippen LogP contribution < -0.4 is 0 Å². The molecule has 0 saturated heterocycles. The van der Waals surface area contributed by atoms with Gasteiger partial charge in [0.05, 0.1) is 20.1 Å². The smallest absolute Gasteiger partial charge is 0.0796 e. The Bertz CT molecular complexity index is 412. The van der Waals surface area contributed by atoms with E-state index in [0.717, 1.165) is 17.5 Å². The molecule has 2 aliphatic carbocycles. The van der Waals surface area contributed by atoms with Crippen molar-refractivity contribution in [3.63, 3.8) is 0 Å². The van der Waals surface area contributed by atoms with E-state index in [4.69, 9.17) is 46.4 Å². The van der Waals surface area contributed by atoms with Crippen molar-refractivity contribution in [2.75, 3.05) is 0 Å². The minimum atomic E-state index is 0.412. The molecule has 1 aromatic rings. The molecule has 1 aromatic carbocycles. The number of hydrogen-bond acceptors (Lipinski definition) is 0. The molecular formula is C11H8Cl4. The van der Waals surface area contributed by atoms with Crippen molar-refractivity contribution in [1.29, 1.82) is 0 Å². The van der Waals surface area contributed by atoms with Crippen molar-refractivity contribution in [2.24, 2.45) is 0 Å². The summed E-state index contributed by atoms with van der Waals surface area (Å²) in [6, 6.07) is 0. The van der Waals surface area contributed by atoms with Gasteiger partial charge < -0.3 is 0 Å². The molecule has 1 fully saturated rings. The molecule has 0 amide bonds. The van der Waals surface area contributed by atoms with Gasteiger partial charge in [-0.25, -0.2) is 0 Å². The number of hydrogen-bond donors (Lipinski definition) is 0. The van der Waals surface area contributed by atoms with Gasteiger partial charge in [-0.05, 0) is 42.2 Å². The zero-order valence-corrected chi connectivity index (χ0v) is 10.8. The summed E-state index contributed by atoms with van der Waals surface area (Å²) in [5, 5.41) is 2.06. The minimum Gasteiger partial charge on any atom is -0.0823 e. The average Bonchev–Trinajstić information content (AvgIpc) is 2.82. The maximum absolute atomic E-state index is 6.23. The Labute approximate surface area is 108 Å². The molecule has 0 aromatic heterocycles. The van der Waals surface area contributed by atoms with Gasteiger partial charge in [-0.1, -0.05) is 46.4 Å². The Morgan fingerprint density at radius 2 is 1.07 bits per heavy atom. The lowest BCUT2D eigenvalue weighted by Gasteiger charge is -2.20. The lowest BCUT2D eigenvalue weighted by molar-refractivity contribution is 0.718. The predicted octanol–water partition coefficient (Wildman–Crippen LogP) is 5.66.